The largest absolute Gasteiger partial charge is 0.508 e. The van der Waals surface area contributed by atoms with Crippen molar-refractivity contribution in [3.8, 4) is 5.75 Å². The van der Waals surface area contributed by atoms with Crippen LogP contribution in [-0.4, -0.2) is 22.1 Å². The maximum absolute atomic E-state index is 12.6. The number of carboxylic acid groups (broad SMARTS) is 1. The van der Waals surface area contributed by atoms with E-state index in [1.54, 1.807) is 24.3 Å². The Hall–Kier alpha value is -3.09. The van der Waals surface area contributed by atoms with E-state index in [2.05, 4.69) is 5.32 Å². The molecule has 0 radical (unpaired) electrons. The number of carbonyl (C=O) groups is 2. The van der Waals surface area contributed by atoms with Gasteiger partial charge in [-0.05, 0) is 61.4 Å². The summed E-state index contributed by atoms with van der Waals surface area (Å²) in [7, 11) is 0. The maximum atomic E-state index is 12.6. The first-order valence-corrected chi connectivity index (χ1v) is 7.18. The van der Waals surface area contributed by atoms with Crippen molar-refractivity contribution in [1.82, 2.24) is 0 Å². The van der Waals surface area contributed by atoms with E-state index < -0.39 is 23.1 Å². The van der Waals surface area contributed by atoms with Crippen LogP contribution in [0.25, 0.3) is 0 Å². The van der Waals surface area contributed by atoms with Crippen molar-refractivity contribution in [3.63, 3.8) is 0 Å². The van der Waals surface area contributed by atoms with Gasteiger partial charge in [-0.15, -0.1) is 0 Å². The smallest absolute Gasteiger partial charge is 0.319 e. The van der Waals surface area contributed by atoms with Crippen molar-refractivity contribution in [1.29, 1.82) is 0 Å². The number of hydrogen-bond donors (Lipinski definition) is 4. The standard InChI is InChI=1S/C11H10FNO3.C6H7NO/c12-7-1-3-8(4-2-7)13-9(14)11(5-6-11)10(15)16;7-5-1-3-6(8)4-2-5/h1-4H,5-6H2,(H,13,14)(H,15,16);1-4,8H,7H2. The first-order chi connectivity index (χ1) is 11.3. The zero-order chi connectivity index (χ0) is 17.7. The lowest BCUT2D eigenvalue weighted by atomic mass is 10.1. The second-order valence-corrected chi connectivity index (χ2v) is 5.44. The minimum atomic E-state index is -1.27. The summed E-state index contributed by atoms with van der Waals surface area (Å²) in [5, 5.41) is 20.0. The number of benzene rings is 2. The average Bonchev–Trinajstić information content (AvgIpc) is 3.35. The fourth-order valence-electron chi connectivity index (χ4n) is 1.92. The number of carboxylic acids is 1. The SMILES string of the molecule is Nc1ccc(O)cc1.O=C(O)C1(C(=O)Nc2ccc(F)cc2)CC1. The van der Waals surface area contributed by atoms with Crippen LogP contribution < -0.4 is 11.1 Å². The lowest BCUT2D eigenvalue weighted by Gasteiger charge is -2.10. The number of nitrogens with two attached hydrogens (primary N) is 1. The monoisotopic (exact) mass is 332 g/mol. The van der Waals surface area contributed by atoms with Crippen LogP contribution in [0.1, 0.15) is 12.8 Å². The normalized spacial score (nSPS) is 14.0. The molecule has 24 heavy (non-hydrogen) atoms. The highest BCUT2D eigenvalue weighted by molar-refractivity contribution is 6.10. The van der Waals surface area contributed by atoms with Crippen LogP contribution in [0.5, 0.6) is 5.75 Å². The summed E-state index contributed by atoms with van der Waals surface area (Å²) in [6.45, 7) is 0. The summed E-state index contributed by atoms with van der Waals surface area (Å²) in [6, 6.07) is 11.6. The fraction of sp³-hybridized carbons (Fsp3) is 0.176. The quantitative estimate of drug-likeness (QED) is 0.392. The Kier molecular flexibility index (Phi) is 5.03. The van der Waals surface area contributed by atoms with Crippen LogP contribution >= 0.6 is 0 Å². The van der Waals surface area contributed by atoms with E-state index in [4.69, 9.17) is 15.9 Å². The van der Waals surface area contributed by atoms with Crippen LogP contribution in [0.3, 0.4) is 0 Å². The number of amides is 1. The second kappa shape index (κ2) is 6.99. The molecule has 2 aromatic carbocycles. The number of anilines is 2. The molecule has 0 unspecified atom stereocenters. The van der Waals surface area contributed by atoms with Crippen LogP contribution in [0.2, 0.25) is 0 Å². The van der Waals surface area contributed by atoms with Crippen LogP contribution in [0, 0.1) is 11.2 Å². The Morgan fingerprint density at radius 3 is 2.00 bits per heavy atom. The van der Waals surface area contributed by atoms with Gasteiger partial charge >= 0.3 is 5.97 Å². The van der Waals surface area contributed by atoms with Gasteiger partial charge in [-0.3, -0.25) is 9.59 Å². The highest BCUT2D eigenvalue weighted by Gasteiger charge is 2.57. The highest BCUT2D eigenvalue weighted by atomic mass is 19.1. The molecule has 126 valence electrons. The number of phenolic OH excluding ortho intramolecular Hbond substituents is 1. The van der Waals surface area contributed by atoms with Crippen molar-refractivity contribution in [3.05, 3.63) is 54.3 Å². The van der Waals surface area contributed by atoms with E-state index in [0.29, 0.717) is 24.2 Å². The van der Waals surface area contributed by atoms with Gasteiger partial charge in [0.05, 0.1) is 0 Å². The van der Waals surface area contributed by atoms with Crippen LogP contribution in [0.15, 0.2) is 48.5 Å². The maximum Gasteiger partial charge on any atom is 0.319 e. The highest BCUT2D eigenvalue weighted by Crippen LogP contribution is 2.46. The molecule has 2 aromatic rings. The number of hydrogen-bond acceptors (Lipinski definition) is 4. The number of nitrogen functional groups attached to an aromatic ring is 1. The molecule has 0 spiro atoms. The van der Waals surface area contributed by atoms with Crippen LogP contribution in [-0.2, 0) is 9.59 Å². The summed E-state index contributed by atoms with van der Waals surface area (Å²) in [6.07, 6.45) is 0.713. The van der Waals surface area contributed by atoms with E-state index in [-0.39, 0.29) is 5.75 Å². The lowest BCUT2D eigenvalue weighted by Crippen LogP contribution is -2.31. The van der Waals surface area contributed by atoms with Crippen molar-refractivity contribution < 1.29 is 24.2 Å². The zero-order valence-electron chi connectivity index (χ0n) is 12.7. The van der Waals surface area contributed by atoms with Gasteiger partial charge in [-0.2, -0.15) is 0 Å². The molecule has 1 aliphatic carbocycles. The van der Waals surface area contributed by atoms with Gasteiger partial charge in [-0.25, -0.2) is 4.39 Å². The Balaban J connectivity index is 0.000000219. The van der Waals surface area contributed by atoms with Crippen molar-refractivity contribution in [2.75, 3.05) is 11.1 Å². The van der Waals surface area contributed by atoms with E-state index in [1.165, 1.54) is 24.3 Å². The molecule has 0 aromatic heterocycles. The molecule has 0 atom stereocenters. The first kappa shape index (κ1) is 17.3. The van der Waals surface area contributed by atoms with Crippen molar-refractivity contribution in [2.24, 2.45) is 5.41 Å². The van der Waals surface area contributed by atoms with E-state index in [9.17, 15) is 14.0 Å². The first-order valence-electron chi connectivity index (χ1n) is 7.18. The minimum Gasteiger partial charge on any atom is -0.508 e. The minimum absolute atomic E-state index is 0.249. The molecule has 1 aliphatic rings. The Morgan fingerprint density at radius 2 is 1.58 bits per heavy atom. The summed E-state index contributed by atoms with van der Waals surface area (Å²) in [5.74, 6) is -1.80. The van der Waals surface area contributed by atoms with Crippen LogP contribution in [0.4, 0.5) is 15.8 Å². The van der Waals surface area contributed by atoms with Gasteiger partial charge in [0, 0.05) is 11.4 Å². The summed E-state index contributed by atoms with van der Waals surface area (Å²) < 4.78 is 12.6. The summed E-state index contributed by atoms with van der Waals surface area (Å²) in [4.78, 5) is 22.5. The van der Waals surface area contributed by atoms with Gasteiger partial charge in [0.2, 0.25) is 5.91 Å². The number of phenols is 1. The molecule has 5 N–H and O–H groups in total. The third-order valence-electron chi connectivity index (χ3n) is 3.59. The van der Waals surface area contributed by atoms with Gasteiger partial charge < -0.3 is 21.3 Å². The molecule has 1 amide bonds. The molecule has 3 rings (SSSR count). The molecule has 6 nitrogen and oxygen atoms in total. The molecular weight excluding hydrogens is 315 g/mol. The van der Waals surface area contributed by atoms with Crippen molar-refractivity contribution in [2.45, 2.75) is 12.8 Å². The molecule has 0 aliphatic heterocycles. The van der Waals surface area contributed by atoms with E-state index in [0.717, 1.165) is 0 Å². The third-order valence-corrected chi connectivity index (χ3v) is 3.59. The van der Waals surface area contributed by atoms with Gasteiger partial charge in [-0.1, -0.05) is 0 Å². The predicted molar refractivity (Wildman–Crippen MR) is 86.9 cm³/mol. The Morgan fingerprint density at radius 1 is 1.04 bits per heavy atom. The third kappa shape index (κ3) is 4.22. The molecule has 0 saturated heterocycles. The predicted octanol–water partition coefficient (Wildman–Crippen LogP) is 2.60. The Bertz CT molecular complexity index is 704. The summed E-state index contributed by atoms with van der Waals surface area (Å²) in [5.41, 5.74) is 5.12. The van der Waals surface area contributed by atoms with Gasteiger partial charge in [0.25, 0.3) is 0 Å². The van der Waals surface area contributed by atoms with E-state index in [1.807, 2.05) is 0 Å². The van der Waals surface area contributed by atoms with Gasteiger partial charge in [0.1, 0.15) is 17.0 Å². The Labute approximate surface area is 137 Å². The molecule has 1 fully saturated rings. The topological polar surface area (TPSA) is 113 Å². The molecule has 0 heterocycles. The van der Waals surface area contributed by atoms with Crippen molar-refractivity contribution >= 4 is 23.3 Å². The fourth-order valence-corrected chi connectivity index (χ4v) is 1.92. The lowest BCUT2D eigenvalue weighted by molar-refractivity contribution is -0.147. The van der Waals surface area contributed by atoms with E-state index >= 15 is 0 Å². The number of nitrogens with one attached hydrogen (secondary N) is 1. The average molecular weight is 332 g/mol. The molecular formula is C17H17FN2O4. The zero-order valence-corrected chi connectivity index (χ0v) is 12.7. The number of carbonyl (C=O) groups excluding carboxylic acids is 1. The molecule has 7 heteroatoms. The number of aliphatic carboxylic acids is 1. The second-order valence-electron chi connectivity index (χ2n) is 5.44. The number of rotatable bonds is 3. The molecule has 1 saturated carbocycles. The number of aromatic hydroxyl groups is 1. The number of halogens is 1. The molecule has 0 bridgehead atoms. The van der Waals surface area contributed by atoms with Gasteiger partial charge in [0.15, 0.2) is 0 Å². The summed E-state index contributed by atoms with van der Waals surface area (Å²) >= 11 is 0.